The van der Waals surface area contributed by atoms with Gasteiger partial charge in [0.05, 0.1) is 6.54 Å². The lowest BCUT2D eigenvalue weighted by Gasteiger charge is -2.35. The fraction of sp³-hybridized carbons (Fsp3) is 0.800. The van der Waals surface area contributed by atoms with E-state index in [0.29, 0.717) is 24.3 Å². The Labute approximate surface area is 152 Å². The van der Waals surface area contributed by atoms with E-state index in [-0.39, 0.29) is 0 Å². The Balaban J connectivity index is 1.42. The lowest BCUT2D eigenvalue weighted by Crippen LogP contribution is -2.46. The molecule has 0 unspecified atom stereocenters. The van der Waals surface area contributed by atoms with E-state index in [0.717, 1.165) is 51.5 Å². The monoisotopic (exact) mass is 346 g/mol. The highest BCUT2D eigenvalue weighted by Gasteiger charge is 2.25. The van der Waals surface area contributed by atoms with Gasteiger partial charge in [-0.1, -0.05) is 20.8 Å². The van der Waals surface area contributed by atoms with E-state index in [4.69, 9.17) is 0 Å². The van der Waals surface area contributed by atoms with E-state index >= 15 is 0 Å². The molecule has 1 amide bonds. The highest BCUT2D eigenvalue weighted by molar-refractivity contribution is 5.78. The molecule has 0 saturated carbocycles. The molecule has 0 aliphatic carbocycles. The topological polar surface area (TPSA) is 41.4 Å². The van der Waals surface area contributed by atoms with Crippen LogP contribution in [0.15, 0.2) is 12.4 Å². The van der Waals surface area contributed by atoms with Crippen molar-refractivity contribution in [3.8, 4) is 0 Å². The van der Waals surface area contributed by atoms with Gasteiger partial charge in [0.2, 0.25) is 5.91 Å². The molecular formula is C20H34N4O. The van der Waals surface area contributed by atoms with E-state index in [9.17, 15) is 4.79 Å². The molecule has 0 spiro atoms. The predicted octanol–water partition coefficient (Wildman–Crippen LogP) is 2.98. The summed E-state index contributed by atoms with van der Waals surface area (Å²) in [6.45, 7) is 12.4. The number of carbonyl (C=O) groups excluding carboxylic acids is 1. The number of nitrogens with zero attached hydrogens (tertiary/aromatic N) is 4. The van der Waals surface area contributed by atoms with Crippen LogP contribution >= 0.6 is 0 Å². The van der Waals surface area contributed by atoms with Crippen LogP contribution in [0.2, 0.25) is 0 Å². The van der Waals surface area contributed by atoms with Crippen molar-refractivity contribution < 1.29 is 4.79 Å². The molecule has 0 radical (unpaired) electrons. The van der Waals surface area contributed by atoms with E-state index in [1.165, 1.54) is 18.7 Å². The molecule has 2 aliphatic heterocycles. The zero-order chi connectivity index (χ0) is 17.8. The number of hydrogen-bond donors (Lipinski definition) is 0. The molecule has 0 aromatic carbocycles. The second kappa shape index (κ2) is 8.35. The third-order valence-electron chi connectivity index (χ3n) is 5.92. The van der Waals surface area contributed by atoms with Crippen molar-refractivity contribution in [1.82, 2.24) is 19.4 Å². The van der Waals surface area contributed by atoms with Gasteiger partial charge in [-0.05, 0) is 50.6 Å². The Hall–Kier alpha value is -1.36. The quantitative estimate of drug-likeness (QED) is 0.823. The number of hydrogen-bond acceptors (Lipinski definition) is 3. The second-order valence-corrected chi connectivity index (χ2v) is 8.38. The van der Waals surface area contributed by atoms with Gasteiger partial charge in [-0.3, -0.25) is 9.69 Å². The zero-order valence-electron chi connectivity index (χ0n) is 16.2. The molecule has 3 heterocycles. The molecule has 0 bridgehead atoms. The standard InChI is InChI=1S/C20H34N4O/c1-16(2)20-21-8-13-24(20)14-18-6-9-22(10-7-18)15-19(25)23-11-4-17(3)5-12-23/h8,13,16-18H,4-7,9-12,14-15H2,1-3H3. The summed E-state index contributed by atoms with van der Waals surface area (Å²) in [7, 11) is 0. The lowest BCUT2D eigenvalue weighted by molar-refractivity contribution is -0.134. The van der Waals surface area contributed by atoms with Gasteiger partial charge in [0, 0.05) is 37.9 Å². The molecule has 3 rings (SSSR count). The Morgan fingerprint density at radius 3 is 2.48 bits per heavy atom. The SMILES string of the molecule is CC1CCN(C(=O)CN2CCC(Cn3ccnc3C(C)C)CC2)CC1. The summed E-state index contributed by atoms with van der Waals surface area (Å²) in [6.07, 6.45) is 8.72. The highest BCUT2D eigenvalue weighted by atomic mass is 16.2. The maximum atomic E-state index is 12.5. The lowest BCUT2D eigenvalue weighted by atomic mass is 9.96. The molecule has 2 saturated heterocycles. The molecule has 5 heteroatoms. The van der Waals surface area contributed by atoms with Crippen LogP contribution in [0.1, 0.15) is 58.2 Å². The van der Waals surface area contributed by atoms with Crippen LogP contribution in [-0.4, -0.2) is 58.0 Å². The average Bonchev–Trinajstić information content (AvgIpc) is 3.05. The summed E-state index contributed by atoms with van der Waals surface area (Å²) in [6, 6.07) is 0. The first-order valence-corrected chi connectivity index (χ1v) is 10.0. The van der Waals surface area contributed by atoms with Crippen LogP contribution < -0.4 is 0 Å². The first-order chi connectivity index (χ1) is 12.0. The maximum Gasteiger partial charge on any atom is 0.236 e. The maximum absolute atomic E-state index is 12.5. The Kier molecular flexibility index (Phi) is 6.15. The molecule has 1 aromatic rings. The van der Waals surface area contributed by atoms with Crippen LogP contribution in [0.4, 0.5) is 0 Å². The molecule has 1 aromatic heterocycles. The highest BCUT2D eigenvalue weighted by Crippen LogP contribution is 2.22. The molecule has 2 aliphatic rings. The first-order valence-electron chi connectivity index (χ1n) is 10.0. The first kappa shape index (κ1) is 18.4. The normalized spacial score (nSPS) is 21.2. The number of likely N-dealkylation sites (tertiary alicyclic amines) is 2. The van der Waals surface area contributed by atoms with Gasteiger partial charge in [-0.25, -0.2) is 4.98 Å². The second-order valence-electron chi connectivity index (χ2n) is 8.38. The minimum Gasteiger partial charge on any atom is -0.342 e. The summed E-state index contributed by atoms with van der Waals surface area (Å²) < 4.78 is 2.32. The van der Waals surface area contributed by atoms with Crippen molar-refractivity contribution in [2.45, 2.75) is 58.9 Å². The summed E-state index contributed by atoms with van der Waals surface area (Å²) in [5, 5.41) is 0. The number of amides is 1. The van der Waals surface area contributed by atoms with Crippen molar-refractivity contribution >= 4 is 5.91 Å². The van der Waals surface area contributed by atoms with E-state index in [2.05, 4.69) is 46.3 Å². The number of carbonyl (C=O) groups is 1. The van der Waals surface area contributed by atoms with Crippen molar-refractivity contribution in [2.24, 2.45) is 11.8 Å². The number of aromatic nitrogens is 2. The third-order valence-corrected chi connectivity index (χ3v) is 5.92. The number of imidazole rings is 1. The predicted molar refractivity (Wildman–Crippen MR) is 100 cm³/mol. The van der Waals surface area contributed by atoms with Crippen molar-refractivity contribution in [3.05, 3.63) is 18.2 Å². The summed E-state index contributed by atoms with van der Waals surface area (Å²) in [5.74, 6) is 3.48. The van der Waals surface area contributed by atoms with Crippen LogP contribution in [0.5, 0.6) is 0 Å². The zero-order valence-corrected chi connectivity index (χ0v) is 16.2. The molecule has 5 nitrogen and oxygen atoms in total. The van der Waals surface area contributed by atoms with Gasteiger partial charge in [-0.2, -0.15) is 0 Å². The van der Waals surface area contributed by atoms with Gasteiger partial charge in [-0.15, -0.1) is 0 Å². The van der Waals surface area contributed by atoms with Crippen LogP contribution in [0, 0.1) is 11.8 Å². The fourth-order valence-corrected chi connectivity index (χ4v) is 4.13. The van der Waals surface area contributed by atoms with Gasteiger partial charge in [0.1, 0.15) is 5.82 Å². The fourth-order valence-electron chi connectivity index (χ4n) is 4.13. The smallest absolute Gasteiger partial charge is 0.236 e. The van der Waals surface area contributed by atoms with Crippen LogP contribution in [-0.2, 0) is 11.3 Å². The van der Waals surface area contributed by atoms with Gasteiger partial charge >= 0.3 is 0 Å². The van der Waals surface area contributed by atoms with Gasteiger partial charge in [0.15, 0.2) is 0 Å². The van der Waals surface area contributed by atoms with Gasteiger partial charge < -0.3 is 9.47 Å². The van der Waals surface area contributed by atoms with E-state index in [1.807, 2.05) is 6.20 Å². The van der Waals surface area contributed by atoms with Crippen molar-refractivity contribution in [1.29, 1.82) is 0 Å². The summed E-state index contributed by atoms with van der Waals surface area (Å²) in [5.41, 5.74) is 0. The Morgan fingerprint density at radius 1 is 1.16 bits per heavy atom. The molecule has 0 N–H and O–H groups in total. The molecule has 2 fully saturated rings. The average molecular weight is 347 g/mol. The minimum absolute atomic E-state index is 0.335. The van der Waals surface area contributed by atoms with Gasteiger partial charge in [0.25, 0.3) is 0 Å². The number of piperidine rings is 2. The molecule has 140 valence electrons. The third kappa shape index (κ3) is 4.84. The van der Waals surface area contributed by atoms with E-state index in [1.54, 1.807) is 0 Å². The van der Waals surface area contributed by atoms with Crippen LogP contribution in [0.25, 0.3) is 0 Å². The van der Waals surface area contributed by atoms with E-state index < -0.39 is 0 Å². The summed E-state index contributed by atoms with van der Waals surface area (Å²) in [4.78, 5) is 21.4. The molecule has 0 atom stereocenters. The van der Waals surface area contributed by atoms with Crippen molar-refractivity contribution in [2.75, 3.05) is 32.7 Å². The minimum atomic E-state index is 0.335. The van der Waals surface area contributed by atoms with Crippen LogP contribution in [0.3, 0.4) is 0 Å². The largest absolute Gasteiger partial charge is 0.342 e. The number of rotatable bonds is 5. The Morgan fingerprint density at radius 2 is 1.84 bits per heavy atom. The molecular weight excluding hydrogens is 312 g/mol. The Bertz CT molecular complexity index is 552. The van der Waals surface area contributed by atoms with Crippen molar-refractivity contribution in [3.63, 3.8) is 0 Å². The molecule has 25 heavy (non-hydrogen) atoms. The summed E-state index contributed by atoms with van der Waals surface area (Å²) >= 11 is 0.